The molecule has 0 bridgehead atoms. The minimum Gasteiger partial charge on any atom is -0.308 e. The predicted molar refractivity (Wildman–Crippen MR) is 86.0 cm³/mol. The molecule has 1 aliphatic heterocycles. The van der Waals surface area contributed by atoms with Crippen LogP contribution in [-0.4, -0.2) is 35.6 Å². The van der Waals surface area contributed by atoms with Crippen molar-refractivity contribution in [1.29, 1.82) is 0 Å². The summed E-state index contributed by atoms with van der Waals surface area (Å²) in [7, 11) is 0. The van der Waals surface area contributed by atoms with Gasteiger partial charge in [0, 0.05) is 30.7 Å². The largest absolute Gasteiger partial charge is 0.308 e. The minimum absolute atomic E-state index is 0.461. The lowest BCUT2D eigenvalue weighted by Crippen LogP contribution is -2.67. The van der Waals surface area contributed by atoms with Crippen molar-refractivity contribution in [2.75, 3.05) is 13.1 Å². The van der Waals surface area contributed by atoms with Gasteiger partial charge in [0.25, 0.3) is 0 Å². The molecule has 0 aromatic rings. The van der Waals surface area contributed by atoms with Crippen molar-refractivity contribution in [3.8, 4) is 0 Å². The van der Waals surface area contributed by atoms with Crippen LogP contribution in [0.2, 0.25) is 0 Å². The third-order valence-corrected chi connectivity index (χ3v) is 6.55. The third kappa shape index (κ3) is 2.66. The van der Waals surface area contributed by atoms with Gasteiger partial charge in [-0.1, -0.05) is 46.5 Å². The highest BCUT2D eigenvalue weighted by Crippen LogP contribution is 2.44. The van der Waals surface area contributed by atoms with Crippen molar-refractivity contribution in [1.82, 2.24) is 10.2 Å². The normalized spacial score (nSPS) is 37.4. The number of piperazine rings is 1. The van der Waals surface area contributed by atoms with Crippen LogP contribution in [0, 0.1) is 5.41 Å². The van der Waals surface area contributed by atoms with Crippen LogP contribution in [-0.2, 0) is 0 Å². The second kappa shape index (κ2) is 5.61. The van der Waals surface area contributed by atoms with Gasteiger partial charge in [-0.25, -0.2) is 0 Å². The van der Waals surface area contributed by atoms with Crippen molar-refractivity contribution in [2.24, 2.45) is 5.41 Å². The standard InChI is InChI=1S/C18H34N2/c1-4-15-13-19-18(11-6-5-7-12-18)14-20(15)16-9-8-10-17(16,2)3/h15-16,19H,4-14H2,1-3H3. The fraction of sp³-hybridized carbons (Fsp3) is 1.00. The quantitative estimate of drug-likeness (QED) is 0.822. The Hall–Kier alpha value is -0.0800. The lowest BCUT2D eigenvalue weighted by atomic mass is 9.77. The van der Waals surface area contributed by atoms with Gasteiger partial charge in [-0.15, -0.1) is 0 Å². The summed E-state index contributed by atoms with van der Waals surface area (Å²) >= 11 is 0. The molecule has 20 heavy (non-hydrogen) atoms. The second-order valence-corrected chi connectivity index (χ2v) is 8.35. The van der Waals surface area contributed by atoms with E-state index in [4.69, 9.17) is 0 Å². The van der Waals surface area contributed by atoms with E-state index in [1.54, 1.807) is 0 Å². The van der Waals surface area contributed by atoms with Crippen LogP contribution in [0.1, 0.15) is 78.6 Å². The van der Waals surface area contributed by atoms with E-state index in [0.29, 0.717) is 11.0 Å². The molecule has 1 heterocycles. The molecule has 2 unspecified atom stereocenters. The average molecular weight is 278 g/mol. The minimum atomic E-state index is 0.461. The van der Waals surface area contributed by atoms with Gasteiger partial charge < -0.3 is 5.32 Å². The van der Waals surface area contributed by atoms with Gasteiger partial charge in [0.15, 0.2) is 0 Å². The predicted octanol–water partition coefficient (Wildman–Crippen LogP) is 3.95. The zero-order chi connectivity index (χ0) is 14.2. The maximum atomic E-state index is 3.97. The van der Waals surface area contributed by atoms with Crippen LogP contribution < -0.4 is 5.32 Å². The molecular weight excluding hydrogens is 244 g/mol. The van der Waals surface area contributed by atoms with Crippen LogP contribution in [0.3, 0.4) is 0 Å². The van der Waals surface area contributed by atoms with E-state index in [1.165, 1.54) is 70.9 Å². The van der Waals surface area contributed by atoms with Gasteiger partial charge in [0.2, 0.25) is 0 Å². The average Bonchev–Trinajstić information content (AvgIpc) is 2.79. The van der Waals surface area contributed by atoms with Crippen molar-refractivity contribution in [3.63, 3.8) is 0 Å². The summed E-state index contributed by atoms with van der Waals surface area (Å²) < 4.78 is 0. The first kappa shape index (κ1) is 14.8. The Morgan fingerprint density at radius 1 is 1.05 bits per heavy atom. The molecule has 0 radical (unpaired) electrons. The Labute approximate surface area is 125 Å². The first-order valence-corrected chi connectivity index (χ1v) is 9.07. The first-order chi connectivity index (χ1) is 9.56. The summed E-state index contributed by atoms with van der Waals surface area (Å²) in [6.45, 7) is 9.93. The Morgan fingerprint density at radius 3 is 2.40 bits per heavy atom. The van der Waals surface area contributed by atoms with Crippen molar-refractivity contribution in [2.45, 2.75) is 96.2 Å². The molecule has 0 aromatic heterocycles. The highest BCUT2D eigenvalue weighted by atomic mass is 15.3. The number of nitrogens with one attached hydrogen (secondary N) is 1. The molecule has 2 atom stereocenters. The van der Waals surface area contributed by atoms with Crippen molar-refractivity contribution in [3.05, 3.63) is 0 Å². The Kier molecular flexibility index (Phi) is 4.16. The zero-order valence-electron chi connectivity index (χ0n) is 13.9. The highest BCUT2D eigenvalue weighted by Gasteiger charge is 2.46. The molecule has 1 spiro atoms. The molecule has 2 heteroatoms. The molecule has 2 saturated carbocycles. The fourth-order valence-electron chi connectivity index (χ4n) is 5.22. The zero-order valence-corrected chi connectivity index (χ0v) is 13.9. The SMILES string of the molecule is CCC1CNC2(CCCCC2)CN1C1CCCC1(C)C. The Bertz CT molecular complexity index is 330. The molecule has 3 rings (SSSR count). The van der Waals surface area contributed by atoms with Gasteiger partial charge >= 0.3 is 0 Å². The summed E-state index contributed by atoms with van der Waals surface area (Å²) in [5.41, 5.74) is 0.989. The summed E-state index contributed by atoms with van der Waals surface area (Å²) in [6.07, 6.45) is 12.7. The van der Waals surface area contributed by atoms with E-state index in [-0.39, 0.29) is 0 Å². The maximum absolute atomic E-state index is 3.97. The van der Waals surface area contributed by atoms with E-state index in [0.717, 1.165) is 12.1 Å². The van der Waals surface area contributed by atoms with Crippen LogP contribution in [0.15, 0.2) is 0 Å². The molecule has 2 aliphatic carbocycles. The maximum Gasteiger partial charge on any atom is 0.0309 e. The molecule has 3 aliphatic rings. The van der Waals surface area contributed by atoms with E-state index in [9.17, 15) is 0 Å². The van der Waals surface area contributed by atoms with Gasteiger partial charge in [0.1, 0.15) is 0 Å². The topological polar surface area (TPSA) is 15.3 Å². The van der Waals surface area contributed by atoms with E-state index < -0.39 is 0 Å². The van der Waals surface area contributed by atoms with Crippen LogP contribution in [0.4, 0.5) is 0 Å². The fourth-order valence-corrected chi connectivity index (χ4v) is 5.22. The van der Waals surface area contributed by atoms with Gasteiger partial charge in [-0.2, -0.15) is 0 Å². The molecule has 2 nitrogen and oxygen atoms in total. The van der Waals surface area contributed by atoms with Crippen molar-refractivity contribution < 1.29 is 0 Å². The van der Waals surface area contributed by atoms with E-state index >= 15 is 0 Å². The van der Waals surface area contributed by atoms with Crippen LogP contribution in [0.5, 0.6) is 0 Å². The van der Waals surface area contributed by atoms with E-state index in [1.807, 2.05) is 0 Å². The smallest absolute Gasteiger partial charge is 0.0309 e. The molecule has 3 fully saturated rings. The van der Waals surface area contributed by atoms with Gasteiger partial charge in [-0.3, -0.25) is 4.90 Å². The first-order valence-electron chi connectivity index (χ1n) is 9.07. The summed E-state index contributed by atoms with van der Waals surface area (Å²) in [4.78, 5) is 2.94. The third-order valence-electron chi connectivity index (χ3n) is 6.55. The molecule has 1 saturated heterocycles. The van der Waals surface area contributed by atoms with Crippen molar-refractivity contribution >= 4 is 0 Å². The molecular formula is C18H34N2. The lowest BCUT2D eigenvalue weighted by molar-refractivity contribution is -0.00701. The summed E-state index contributed by atoms with van der Waals surface area (Å²) in [5, 5.41) is 3.97. The second-order valence-electron chi connectivity index (χ2n) is 8.35. The number of rotatable bonds is 2. The Balaban J connectivity index is 1.78. The molecule has 116 valence electrons. The van der Waals surface area contributed by atoms with Gasteiger partial charge in [0.05, 0.1) is 0 Å². The molecule has 0 aromatic carbocycles. The van der Waals surface area contributed by atoms with Crippen LogP contribution >= 0.6 is 0 Å². The van der Waals surface area contributed by atoms with Gasteiger partial charge in [-0.05, 0) is 37.5 Å². The molecule has 0 amide bonds. The lowest BCUT2D eigenvalue weighted by Gasteiger charge is -2.53. The summed E-state index contributed by atoms with van der Waals surface area (Å²) in [5.74, 6) is 0. The summed E-state index contributed by atoms with van der Waals surface area (Å²) in [6, 6.07) is 1.60. The van der Waals surface area contributed by atoms with Crippen LogP contribution in [0.25, 0.3) is 0 Å². The number of hydrogen-bond donors (Lipinski definition) is 1. The van der Waals surface area contributed by atoms with E-state index in [2.05, 4.69) is 31.0 Å². The Morgan fingerprint density at radius 2 is 1.80 bits per heavy atom. The molecule has 1 N–H and O–H groups in total. The number of hydrogen-bond acceptors (Lipinski definition) is 2. The monoisotopic (exact) mass is 278 g/mol. The highest BCUT2D eigenvalue weighted by molar-refractivity contribution is 5.04. The number of nitrogens with zero attached hydrogens (tertiary/aromatic N) is 1.